The molecule has 5 nitrogen and oxygen atoms in total. The number of halogens is 1. The van der Waals surface area contributed by atoms with Crippen LogP contribution in [0.3, 0.4) is 0 Å². The van der Waals surface area contributed by atoms with Gasteiger partial charge in [0.2, 0.25) is 5.95 Å². The second-order valence-electron chi connectivity index (χ2n) is 5.65. The smallest absolute Gasteiger partial charge is 0.232 e. The summed E-state index contributed by atoms with van der Waals surface area (Å²) in [5.74, 6) is 1.35. The molecule has 7 heteroatoms. The summed E-state index contributed by atoms with van der Waals surface area (Å²) in [6.07, 6.45) is 7.30. The average molecular weight is 326 g/mol. The largest absolute Gasteiger partial charge is 0.360 e. The number of hydrogen-bond donors (Lipinski definition) is 2. The van der Waals surface area contributed by atoms with Crippen LogP contribution in [0.2, 0.25) is 5.15 Å². The van der Waals surface area contributed by atoms with E-state index >= 15 is 0 Å². The number of aromatic nitrogens is 2. The monoisotopic (exact) mass is 325 g/mol. The molecule has 1 aromatic heterocycles. The van der Waals surface area contributed by atoms with Gasteiger partial charge in [-0.2, -0.15) is 4.98 Å². The molecule has 0 radical (unpaired) electrons. The zero-order valence-corrected chi connectivity index (χ0v) is 13.5. The van der Waals surface area contributed by atoms with Crippen molar-refractivity contribution in [3.05, 3.63) is 11.2 Å². The standard InChI is InChI=1S/C14H20ClN5S/c15-11-9-12(20-7-3-4-8-20)18-13(17-11)19-14(21)16-10-5-1-2-6-10/h9-10H,1-8H2,(H2,16,17,18,19,21). The van der Waals surface area contributed by atoms with Gasteiger partial charge in [-0.05, 0) is 37.9 Å². The predicted molar refractivity (Wildman–Crippen MR) is 90.1 cm³/mol. The highest BCUT2D eigenvalue weighted by Crippen LogP contribution is 2.22. The summed E-state index contributed by atoms with van der Waals surface area (Å²) in [5.41, 5.74) is 0. The molecule has 1 saturated carbocycles. The van der Waals surface area contributed by atoms with Gasteiger partial charge in [0.25, 0.3) is 0 Å². The summed E-state index contributed by atoms with van der Waals surface area (Å²) >= 11 is 11.4. The van der Waals surface area contributed by atoms with E-state index < -0.39 is 0 Å². The van der Waals surface area contributed by atoms with Crippen molar-refractivity contribution >= 4 is 40.7 Å². The van der Waals surface area contributed by atoms with E-state index in [-0.39, 0.29) is 0 Å². The highest BCUT2D eigenvalue weighted by molar-refractivity contribution is 7.80. The molecule has 1 aromatic rings. The second kappa shape index (κ2) is 6.75. The first kappa shape index (κ1) is 14.8. The Kier molecular flexibility index (Phi) is 4.75. The summed E-state index contributed by atoms with van der Waals surface area (Å²) in [7, 11) is 0. The van der Waals surface area contributed by atoms with Crippen LogP contribution in [-0.2, 0) is 0 Å². The topological polar surface area (TPSA) is 53.1 Å². The molecule has 2 aliphatic rings. The summed E-state index contributed by atoms with van der Waals surface area (Å²) in [6, 6.07) is 2.29. The molecular formula is C14H20ClN5S. The van der Waals surface area contributed by atoms with Crippen LogP contribution in [0.15, 0.2) is 6.07 Å². The van der Waals surface area contributed by atoms with Crippen molar-refractivity contribution in [2.45, 2.75) is 44.6 Å². The number of nitrogens with one attached hydrogen (secondary N) is 2. The Hall–Kier alpha value is -1.14. The van der Waals surface area contributed by atoms with Gasteiger partial charge in [0.15, 0.2) is 5.11 Å². The molecular weight excluding hydrogens is 306 g/mol. The lowest BCUT2D eigenvalue weighted by Gasteiger charge is -2.18. The minimum absolute atomic E-state index is 0.443. The Morgan fingerprint density at radius 2 is 1.90 bits per heavy atom. The van der Waals surface area contributed by atoms with Crippen molar-refractivity contribution in [1.82, 2.24) is 15.3 Å². The SMILES string of the molecule is S=C(Nc1nc(Cl)cc(N2CCCC2)n1)NC1CCCC1. The molecule has 0 spiro atoms. The Balaban J connectivity index is 1.65. The van der Waals surface area contributed by atoms with Crippen LogP contribution in [0.25, 0.3) is 0 Å². The van der Waals surface area contributed by atoms with Gasteiger partial charge in [-0.25, -0.2) is 4.98 Å². The van der Waals surface area contributed by atoms with Gasteiger partial charge in [-0.3, -0.25) is 0 Å². The van der Waals surface area contributed by atoms with E-state index in [0.29, 0.717) is 22.3 Å². The van der Waals surface area contributed by atoms with Crippen molar-refractivity contribution in [3.63, 3.8) is 0 Å². The summed E-state index contributed by atoms with van der Waals surface area (Å²) in [4.78, 5) is 11.0. The van der Waals surface area contributed by atoms with Crippen molar-refractivity contribution in [2.75, 3.05) is 23.3 Å². The third kappa shape index (κ3) is 3.95. The zero-order chi connectivity index (χ0) is 14.7. The first-order valence-corrected chi connectivity index (χ1v) is 8.36. The summed E-state index contributed by atoms with van der Waals surface area (Å²) in [6.45, 7) is 2.05. The fraction of sp³-hybridized carbons (Fsp3) is 0.643. The third-order valence-corrected chi connectivity index (χ3v) is 4.44. The Bertz CT molecular complexity index is 512. The number of anilines is 2. The maximum atomic E-state index is 6.10. The predicted octanol–water partition coefficient (Wildman–Crippen LogP) is 2.96. The molecule has 0 unspecified atom stereocenters. The van der Waals surface area contributed by atoms with Crippen molar-refractivity contribution in [1.29, 1.82) is 0 Å². The van der Waals surface area contributed by atoms with Crippen LogP contribution in [0.5, 0.6) is 0 Å². The van der Waals surface area contributed by atoms with Gasteiger partial charge in [-0.15, -0.1) is 0 Å². The molecule has 0 aromatic carbocycles. The highest BCUT2D eigenvalue weighted by atomic mass is 35.5. The molecule has 21 heavy (non-hydrogen) atoms. The van der Waals surface area contributed by atoms with E-state index in [1.54, 1.807) is 0 Å². The van der Waals surface area contributed by atoms with E-state index in [4.69, 9.17) is 23.8 Å². The zero-order valence-electron chi connectivity index (χ0n) is 11.9. The van der Waals surface area contributed by atoms with Crippen molar-refractivity contribution in [2.24, 2.45) is 0 Å². The van der Waals surface area contributed by atoms with Crippen molar-refractivity contribution < 1.29 is 0 Å². The molecule has 0 bridgehead atoms. The second-order valence-corrected chi connectivity index (χ2v) is 6.44. The van der Waals surface area contributed by atoms with Gasteiger partial charge < -0.3 is 15.5 Å². The maximum Gasteiger partial charge on any atom is 0.232 e. The molecule has 114 valence electrons. The molecule has 0 amide bonds. The Morgan fingerprint density at radius 3 is 2.62 bits per heavy atom. The first-order chi connectivity index (χ1) is 10.2. The van der Waals surface area contributed by atoms with E-state index in [2.05, 4.69) is 25.5 Å². The number of rotatable bonds is 3. The van der Waals surface area contributed by atoms with Gasteiger partial charge in [-0.1, -0.05) is 24.4 Å². The van der Waals surface area contributed by atoms with Crippen LogP contribution in [0.4, 0.5) is 11.8 Å². The quantitative estimate of drug-likeness (QED) is 0.658. The molecule has 1 saturated heterocycles. The van der Waals surface area contributed by atoms with E-state index in [0.717, 1.165) is 18.9 Å². The number of nitrogens with zero attached hydrogens (tertiary/aromatic N) is 3. The molecule has 0 atom stereocenters. The lowest BCUT2D eigenvalue weighted by Crippen LogP contribution is -2.36. The highest BCUT2D eigenvalue weighted by Gasteiger charge is 2.18. The van der Waals surface area contributed by atoms with Crippen molar-refractivity contribution in [3.8, 4) is 0 Å². The number of hydrogen-bond acceptors (Lipinski definition) is 4. The van der Waals surface area contributed by atoms with Crippen LogP contribution >= 0.6 is 23.8 Å². The molecule has 1 aliphatic heterocycles. The lowest BCUT2D eigenvalue weighted by atomic mass is 10.3. The fourth-order valence-corrected chi connectivity index (χ4v) is 3.40. The summed E-state index contributed by atoms with van der Waals surface area (Å²) < 4.78 is 0. The fourth-order valence-electron chi connectivity index (χ4n) is 2.96. The first-order valence-electron chi connectivity index (χ1n) is 7.58. The molecule has 1 aliphatic carbocycles. The minimum Gasteiger partial charge on any atom is -0.360 e. The van der Waals surface area contributed by atoms with E-state index in [1.165, 1.54) is 38.5 Å². The number of thiocarbonyl (C=S) groups is 1. The minimum atomic E-state index is 0.443. The summed E-state index contributed by atoms with van der Waals surface area (Å²) in [5, 5.41) is 7.40. The van der Waals surface area contributed by atoms with Gasteiger partial charge >= 0.3 is 0 Å². The molecule has 3 rings (SSSR count). The molecule has 2 N–H and O–H groups in total. The lowest BCUT2D eigenvalue weighted by molar-refractivity contribution is 0.634. The maximum absolute atomic E-state index is 6.10. The van der Waals surface area contributed by atoms with Crippen LogP contribution in [-0.4, -0.2) is 34.2 Å². The van der Waals surface area contributed by atoms with E-state index in [9.17, 15) is 0 Å². The molecule has 2 fully saturated rings. The van der Waals surface area contributed by atoms with E-state index in [1.807, 2.05) is 6.07 Å². The third-order valence-electron chi connectivity index (χ3n) is 4.03. The van der Waals surface area contributed by atoms with Gasteiger partial charge in [0, 0.05) is 25.2 Å². The normalized spacial score (nSPS) is 19.0. The van der Waals surface area contributed by atoms with Crippen LogP contribution < -0.4 is 15.5 Å². The van der Waals surface area contributed by atoms with Crippen LogP contribution in [0.1, 0.15) is 38.5 Å². The van der Waals surface area contributed by atoms with Crippen LogP contribution in [0, 0.1) is 0 Å². The Labute approximate surface area is 135 Å². The Morgan fingerprint density at radius 1 is 1.19 bits per heavy atom. The average Bonchev–Trinajstić information content (AvgIpc) is 3.10. The van der Waals surface area contributed by atoms with Gasteiger partial charge in [0.05, 0.1) is 0 Å². The van der Waals surface area contributed by atoms with Gasteiger partial charge in [0.1, 0.15) is 11.0 Å². The molecule has 2 heterocycles.